The highest BCUT2D eigenvalue weighted by Crippen LogP contribution is 2.22. The quantitative estimate of drug-likeness (QED) is 0.557. The Morgan fingerprint density at radius 2 is 1.42 bits per heavy atom. The minimum absolute atomic E-state index is 0.133. The van der Waals surface area contributed by atoms with Crippen molar-refractivity contribution in [3.8, 4) is 5.88 Å². The molecule has 0 saturated carbocycles. The van der Waals surface area contributed by atoms with Crippen molar-refractivity contribution in [1.29, 1.82) is 0 Å². The van der Waals surface area contributed by atoms with Gasteiger partial charge in [0, 0.05) is 0 Å². The zero-order valence-electron chi connectivity index (χ0n) is 14.4. The van der Waals surface area contributed by atoms with Gasteiger partial charge in [0.15, 0.2) is 11.2 Å². The first-order chi connectivity index (χ1) is 12.8. The molecule has 2 aromatic carbocycles. The molecule has 0 amide bonds. The number of rotatable bonds is 5. The number of aromatic nitrogens is 4. The maximum atomic E-state index is 13.2. The summed E-state index contributed by atoms with van der Waals surface area (Å²) in [5.41, 5.74) is 3.11. The average molecular weight is 346 g/mol. The van der Waals surface area contributed by atoms with Gasteiger partial charge in [0.2, 0.25) is 5.88 Å². The summed E-state index contributed by atoms with van der Waals surface area (Å²) in [6.07, 6.45) is 1.43. The Morgan fingerprint density at radius 1 is 0.846 bits per heavy atom. The van der Waals surface area contributed by atoms with E-state index in [-0.39, 0.29) is 5.69 Å². The molecule has 0 N–H and O–H groups in total. The summed E-state index contributed by atoms with van der Waals surface area (Å²) in [6.45, 7) is 0.875. The van der Waals surface area contributed by atoms with E-state index in [1.54, 1.807) is 16.2 Å². The monoisotopic (exact) mass is 346 g/mol. The van der Waals surface area contributed by atoms with Crippen LogP contribution >= 0.6 is 0 Å². The molecule has 0 bridgehead atoms. The van der Waals surface area contributed by atoms with Gasteiger partial charge in [-0.3, -0.25) is 9.13 Å². The van der Waals surface area contributed by atoms with Crippen LogP contribution in [0.25, 0.3) is 11.2 Å². The van der Waals surface area contributed by atoms with E-state index in [9.17, 15) is 4.79 Å². The number of fused-ring (bicyclic) bond motifs is 1. The summed E-state index contributed by atoms with van der Waals surface area (Å²) in [7, 11) is 1.55. The Kier molecular flexibility index (Phi) is 4.23. The van der Waals surface area contributed by atoms with Crippen LogP contribution in [0.2, 0.25) is 0 Å². The van der Waals surface area contributed by atoms with Crippen LogP contribution in [0.4, 0.5) is 0 Å². The van der Waals surface area contributed by atoms with Crippen LogP contribution in [0.1, 0.15) is 11.1 Å². The molecule has 2 aromatic heterocycles. The smallest absolute Gasteiger partial charge is 0.331 e. The first-order valence-electron chi connectivity index (χ1n) is 8.34. The SMILES string of the molecule is COc1ncnc2c1n(Cc1ccccc1)c(=O)n2Cc1ccccc1. The van der Waals surface area contributed by atoms with Crippen LogP contribution in [-0.2, 0) is 13.1 Å². The fourth-order valence-electron chi connectivity index (χ4n) is 3.09. The van der Waals surface area contributed by atoms with Gasteiger partial charge in [0.1, 0.15) is 6.33 Å². The molecule has 6 heteroatoms. The Morgan fingerprint density at radius 3 is 2.00 bits per heavy atom. The first kappa shape index (κ1) is 16.1. The van der Waals surface area contributed by atoms with Crippen molar-refractivity contribution < 1.29 is 4.74 Å². The van der Waals surface area contributed by atoms with Gasteiger partial charge in [-0.2, -0.15) is 4.98 Å². The molecule has 2 heterocycles. The number of nitrogens with zero attached hydrogens (tertiary/aromatic N) is 4. The highest BCUT2D eigenvalue weighted by atomic mass is 16.5. The molecule has 0 aliphatic carbocycles. The number of methoxy groups -OCH3 is 1. The second kappa shape index (κ2) is 6.84. The molecule has 4 aromatic rings. The van der Waals surface area contributed by atoms with E-state index in [1.807, 2.05) is 60.7 Å². The summed E-state index contributed by atoms with van der Waals surface area (Å²) in [6, 6.07) is 19.7. The third-order valence-electron chi connectivity index (χ3n) is 4.32. The summed E-state index contributed by atoms with van der Waals surface area (Å²) >= 11 is 0. The predicted molar refractivity (Wildman–Crippen MR) is 99.4 cm³/mol. The number of hydrogen-bond acceptors (Lipinski definition) is 4. The number of benzene rings is 2. The van der Waals surface area contributed by atoms with Crippen LogP contribution in [0, 0.1) is 0 Å². The highest BCUT2D eigenvalue weighted by molar-refractivity contribution is 5.77. The van der Waals surface area contributed by atoms with Gasteiger partial charge in [0.25, 0.3) is 0 Å². The summed E-state index contributed by atoms with van der Waals surface area (Å²) in [5, 5.41) is 0. The molecule has 0 aliphatic rings. The Bertz CT molecular complexity index is 1090. The Labute approximate surface area is 150 Å². The van der Waals surface area contributed by atoms with Gasteiger partial charge < -0.3 is 4.74 Å². The lowest BCUT2D eigenvalue weighted by Crippen LogP contribution is -2.25. The van der Waals surface area contributed by atoms with Gasteiger partial charge in [-0.05, 0) is 11.1 Å². The van der Waals surface area contributed by atoms with Crippen molar-refractivity contribution >= 4 is 11.2 Å². The third kappa shape index (κ3) is 2.86. The molecule has 26 heavy (non-hydrogen) atoms. The normalized spacial score (nSPS) is 11.0. The van der Waals surface area contributed by atoms with E-state index in [4.69, 9.17) is 4.74 Å². The molecule has 0 fully saturated rings. The van der Waals surface area contributed by atoms with Crippen molar-refractivity contribution in [2.75, 3.05) is 7.11 Å². The van der Waals surface area contributed by atoms with Gasteiger partial charge in [-0.1, -0.05) is 60.7 Å². The predicted octanol–water partition coefficient (Wildman–Crippen LogP) is 2.70. The minimum atomic E-state index is -0.133. The van der Waals surface area contributed by atoms with Crippen LogP contribution in [-0.4, -0.2) is 26.2 Å². The zero-order chi connectivity index (χ0) is 17.9. The average Bonchev–Trinajstić information content (AvgIpc) is 2.95. The van der Waals surface area contributed by atoms with E-state index in [1.165, 1.54) is 6.33 Å². The molecule has 0 atom stereocenters. The van der Waals surface area contributed by atoms with E-state index in [0.717, 1.165) is 11.1 Å². The van der Waals surface area contributed by atoms with Crippen molar-refractivity contribution in [3.63, 3.8) is 0 Å². The summed E-state index contributed by atoms with van der Waals surface area (Å²) in [4.78, 5) is 21.7. The molecule has 4 rings (SSSR count). The van der Waals surface area contributed by atoms with Crippen molar-refractivity contribution in [2.45, 2.75) is 13.1 Å². The summed E-state index contributed by atoms with van der Waals surface area (Å²) in [5.74, 6) is 0.398. The van der Waals surface area contributed by atoms with Crippen molar-refractivity contribution in [1.82, 2.24) is 19.1 Å². The number of ether oxygens (including phenoxy) is 1. The fourth-order valence-corrected chi connectivity index (χ4v) is 3.09. The molecule has 0 spiro atoms. The fraction of sp³-hybridized carbons (Fsp3) is 0.150. The van der Waals surface area contributed by atoms with E-state index >= 15 is 0 Å². The van der Waals surface area contributed by atoms with E-state index < -0.39 is 0 Å². The van der Waals surface area contributed by atoms with Crippen molar-refractivity contribution in [3.05, 3.63) is 88.6 Å². The maximum Gasteiger partial charge on any atom is 0.331 e. The molecule has 0 radical (unpaired) electrons. The first-order valence-corrected chi connectivity index (χ1v) is 8.34. The number of hydrogen-bond donors (Lipinski definition) is 0. The topological polar surface area (TPSA) is 61.9 Å². The second-order valence-electron chi connectivity index (χ2n) is 5.98. The van der Waals surface area contributed by atoms with Crippen LogP contribution < -0.4 is 10.4 Å². The molecular formula is C20H18N4O2. The standard InChI is InChI=1S/C20H18N4O2/c1-26-19-17-18(21-14-22-19)24(13-16-10-6-3-7-11-16)20(25)23(17)12-15-8-4-2-5-9-15/h2-11,14H,12-13H2,1H3. The van der Waals surface area contributed by atoms with Crippen LogP contribution in [0.3, 0.4) is 0 Å². The third-order valence-corrected chi connectivity index (χ3v) is 4.32. The van der Waals surface area contributed by atoms with Crippen molar-refractivity contribution in [2.24, 2.45) is 0 Å². The Balaban J connectivity index is 1.90. The lowest BCUT2D eigenvalue weighted by Gasteiger charge is -2.05. The Hall–Kier alpha value is -3.41. The minimum Gasteiger partial charge on any atom is -0.479 e. The molecule has 6 nitrogen and oxygen atoms in total. The lowest BCUT2D eigenvalue weighted by atomic mass is 10.2. The molecule has 0 saturated heterocycles. The van der Waals surface area contributed by atoms with Crippen LogP contribution in [0.5, 0.6) is 5.88 Å². The van der Waals surface area contributed by atoms with Gasteiger partial charge >= 0.3 is 5.69 Å². The molecular weight excluding hydrogens is 328 g/mol. The number of imidazole rings is 1. The molecule has 0 unspecified atom stereocenters. The van der Waals surface area contributed by atoms with Gasteiger partial charge in [-0.25, -0.2) is 9.78 Å². The van der Waals surface area contributed by atoms with E-state index in [0.29, 0.717) is 30.1 Å². The van der Waals surface area contributed by atoms with Crippen LogP contribution in [0.15, 0.2) is 71.8 Å². The van der Waals surface area contributed by atoms with Gasteiger partial charge in [0.05, 0.1) is 20.2 Å². The molecule has 0 aliphatic heterocycles. The maximum absolute atomic E-state index is 13.2. The highest BCUT2D eigenvalue weighted by Gasteiger charge is 2.19. The van der Waals surface area contributed by atoms with E-state index in [2.05, 4.69) is 9.97 Å². The second-order valence-corrected chi connectivity index (χ2v) is 5.98. The van der Waals surface area contributed by atoms with Gasteiger partial charge in [-0.15, -0.1) is 0 Å². The zero-order valence-corrected chi connectivity index (χ0v) is 14.4. The largest absolute Gasteiger partial charge is 0.479 e. The lowest BCUT2D eigenvalue weighted by molar-refractivity contribution is 0.400. The summed E-state index contributed by atoms with van der Waals surface area (Å²) < 4.78 is 8.74. The molecule has 130 valence electrons.